The van der Waals surface area contributed by atoms with Gasteiger partial charge in [-0.2, -0.15) is 0 Å². The summed E-state index contributed by atoms with van der Waals surface area (Å²) in [5.74, 6) is 0. The number of hydrogen-bond acceptors (Lipinski definition) is 1. The van der Waals surface area contributed by atoms with E-state index in [4.69, 9.17) is 0 Å². The predicted molar refractivity (Wildman–Crippen MR) is 40.2 cm³/mol. The lowest BCUT2D eigenvalue weighted by Crippen LogP contribution is -2.35. The average Bonchev–Trinajstić information content (AvgIpc) is 1.64. The highest BCUT2D eigenvalue weighted by atomic mass is 31.0. The molecule has 0 aliphatic carbocycles. The van der Waals surface area contributed by atoms with E-state index in [0.29, 0.717) is 0 Å². The fraction of sp³-hybridized carbons (Fsp3) is 1.00. The van der Waals surface area contributed by atoms with Gasteiger partial charge in [0.1, 0.15) is 0 Å². The fourth-order valence-corrected chi connectivity index (χ4v) is 1.75. The topological polar surface area (TPSA) is 12.0 Å². The molecular formula is C6H14NP. The van der Waals surface area contributed by atoms with Gasteiger partial charge in [-0.25, -0.2) is 0 Å². The summed E-state index contributed by atoms with van der Waals surface area (Å²) < 4.78 is 0. The molecule has 3 unspecified atom stereocenters. The van der Waals surface area contributed by atoms with Crippen molar-refractivity contribution in [2.45, 2.75) is 31.5 Å². The van der Waals surface area contributed by atoms with Crippen molar-refractivity contribution in [1.29, 1.82) is 0 Å². The zero-order chi connectivity index (χ0) is 5.98. The van der Waals surface area contributed by atoms with E-state index in [2.05, 4.69) is 21.5 Å². The van der Waals surface area contributed by atoms with Gasteiger partial charge in [-0.1, -0.05) is 0 Å². The van der Waals surface area contributed by atoms with E-state index < -0.39 is 0 Å². The van der Waals surface area contributed by atoms with E-state index in [0.717, 1.165) is 11.7 Å². The zero-order valence-corrected chi connectivity index (χ0v) is 6.51. The summed E-state index contributed by atoms with van der Waals surface area (Å²) in [6.45, 7) is 3.45. The molecule has 1 nitrogen and oxygen atoms in total. The maximum Gasteiger partial charge on any atom is 0.00445 e. The molecule has 1 fully saturated rings. The Morgan fingerprint density at radius 2 is 2.38 bits per heavy atom. The summed E-state index contributed by atoms with van der Waals surface area (Å²) in [4.78, 5) is 0. The number of piperidine rings is 1. The van der Waals surface area contributed by atoms with Crippen LogP contribution in [0.4, 0.5) is 0 Å². The Hall–Kier alpha value is 0.390. The van der Waals surface area contributed by atoms with E-state index in [1.807, 2.05) is 0 Å². The molecule has 2 heteroatoms. The standard InChI is InChI=1S/C6H14NP/c1-5-4-6(8)2-3-7-5/h5-7H,2-4,8H2,1H3. The van der Waals surface area contributed by atoms with Crippen LogP contribution in [0.2, 0.25) is 0 Å². The second kappa shape index (κ2) is 2.80. The van der Waals surface area contributed by atoms with Gasteiger partial charge in [0, 0.05) is 6.04 Å². The lowest BCUT2D eigenvalue weighted by Gasteiger charge is -2.24. The van der Waals surface area contributed by atoms with E-state index in [-0.39, 0.29) is 0 Å². The van der Waals surface area contributed by atoms with Crippen LogP contribution in [-0.2, 0) is 0 Å². The summed E-state index contributed by atoms with van der Waals surface area (Å²) in [5, 5.41) is 3.40. The van der Waals surface area contributed by atoms with Crippen LogP contribution in [0.5, 0.6) is 0 Å². The Morgan fingerprint density at radius 1 is 1.62 bits per heavy atom. The first-order valence-corrected chi connectivity index (χ1v) is 3.94. The molecule has 0 aromatic heterocycles. The van der Waals surface area contributed by atoms with Crippen LogP contribution < -0.4 is 5.32 Å². The first-order valence-electron chi connectivity index (χ1n) is 3.28. The molecule has 48 valence electrons. The summed E-state index contributed by atoms with van der Waals surface area (Å²) >= 11 is 0. The third kappa shape index (κ3) is 1.72. The number of hydrogen-bond donors (Lipinski definition) is 1. The van der Waals surface area contributed by atoms with Gasteiger partial charge in [-0.3, -0.25) is 0 Å². The lowest BCUT2D eigenvalue weighted by atomic mass is 10.1. The Morgan fingerprint density at radius 3 is 2.75 bits per heavy atom. The monoisotopic (exact) mass is 131 g/mol. The Balaban J connectivity index is 2.23. The molecule has 1 aliphatic heterocycles. The Kier molecular flexibility index (Phi) is 2.27. The molecule has 0 aromatic carbocycles. The van der Waals surface area contributed by atoms with Gasteiger partial charge in [0.05, 0.1) is 0 Å². The van der Waals surface area contributed by atoms with Crippen molar-refractivity contribution in [2.75, 3.05) is 6.54 Å². The molecule has 0 aromatic rings. The predicted octanol–water partition coefficient (Wildman–Crippen LogP) is 1.00. The van der Waals surface area contributed by atoms with E-state index in [1.165, 1.54) is 19.4 Å². The summed E-state index contributed by atoms with van der Waals surface area (Å²) in [6, 6.07) is 0.742. The van der Waals surface area contributed by atoms with E-state index in [1.54, 1.807) is 0 Å². The van der Waals surface area contributed by atoms with Crippen LogP contribution >= 0.6 is 9.24 Å². The highest BCUT2D eigenvalue weighted by molar-refractivity contribution is 7.17. The molecular weight excluding hydrogens is 117 g/mol. The Bertz CT molecular complexity index is 66.9. The maximum absolute atomic E-state index is 3.40. The van der Waals surface area contributed by atoms with Crippen molar-refractivity contribution in [3.8, 4) is 0 Å². The van der Waals surface area contributed by atoms with Crippen LogP contribution in [0.1, 0.15) is 19.8 Å². The molecule has 0 saturated carbocycles. The second-order valence-corrected chi connectivity index (χ2v) is 3.58. The van der Waals surface area contributed by atoms with Crippen LogP contribution in [-0.4, -0.2) is 18.2 Å². The van der Waals surface area contributed by atoms with Gasteiger partial charge in [0.25, 0.3) is 0 Å². The Labute approximate surface area is 53.4 Å². The third-order valence-corrected chi connectivity index (χ3v) is 2.27. The SMILES string of the molecule is CC1CC(P)CCN1. The van der Waals surface area contributed by atoms with E-state index in [9.17, 15) is 0 Å². The van der Waals surface area contributed by atoms with Crippen molar-refractivity contribution in [2.24, 2.45) is 0 Å². The average molecular weight is 131 g/mol. The quantitative estimate of drug-likeness (QED) is 0.484. The van der Waals surface area contributed by atoms with Crippen LogP contribution in [0.15, 0.2) is 0 Å². The molecule has 0 bridgehead atoms. The summed E-state index contributed by atoms with van der Waals surface area (Å²) in [7, 11) is 2.89. The molecule has 3 atom stereocenters. The fourth-order valence-electron chi connectivity index (χ4n) is 1.17. The van der Waals surface area contributed by atoms with Crippen molar-refractivity contribution < 1.29 is 0 Å². The minimum absolute atomic E-state index is 0.742. The van der Waals surface area contributed by atoms with Crippen LogP contribution in [0.3, 0.4) is 0 Å². The van der Waals surface area contributed by atoms with Gasteiger partial charge >= 0.3 is 0 Å². The van der Waals surface area contributed by atoms with Crippen LogP contribution in [0, 0.1) is 0 Å². The zero-order valence-electron chi connectivity index (χ0n) is 5.35. The summed E-state index contributed by atoms with van der Waals surface area (Å²) in [6.07, 6.45) is 2.65. The van der Waals surface area contributed by atoms with Crippen molar-refractivity contribution in [3.63, 3.8) is 0 Å². The molecule has 1 rings (SSSR count). The molecule has 0 radical (unpaired) electrons. The molecule has 0 spiro atoms. The van der Waals surface area contributed by atoms with Gasteiger partial charge in [0.2, 0.25) is 0 Å². The highest BCUT2D eigenvalue weighted by Crippen LogP contribution is 2.15. The lowest BCUT2D eigenvalue weighted by molar-refractivity contribution is 0.434. The third-order valence-electron chi connectivity index (χ3n) is 1.66. The minimum Gasteiger partial charge on any atom is -0.314 e. The van der Waals surface area contributed by atoms with E-state index >= 15 is 0 Å². The summed E-state index contributed by atoms with van der Waals surface area (Å²) in [5.41, 5.74) is 0.867. The van der Waals surface area contributed by atoms with Gasteiger partial charge in [-0.05, 0) is 32.0 Å². The molecule has 8 heavy (non-hydrogen) atoms. The first-order chi connectivity index (χ1) is 3.79. The normalized spacial score (nSPS) is 39.8. The number of nitrogens with one attached hydrogen (secondary N) is 1. The van der Waals surface area contributed by atoms with Gasteiger partial charge < -0.3 is 5.32 Å². The maximum atomic E-state index is 3.40. The smallest absolute Gasteiger partial charge is 0.00445 e. The van der Waals surface area contributed by atoms with Gasteiger partial charge in [-0.15, -0.1) is 9.24 Å². The van der Waals surface area contributed by atoms with Crippen LogP contribution in [0.25, 0.3) is 0 Å². The molecule has 0 amide bonds. The van der Waals surface area contributed by atoms with Crippen molar-refractivity contribution >= 4 is 9.24 Å². The van der Waals surface area contributed by atoms with Crippen molar-refractivity contribution in [1.82, 2.24) is 5.32 Å². The van der Waals surface area contributed by atoms with Crippen molar-refractivity contribution in [3.05, 3.63) is 0 Å². The second-order valence-electron chi connectivity index (χ2n) is 2.64. The molecule has 1 saturated heterocycles. The molecule has 1 N–H and O–H groups in total. The minimum atomic E-state index is 0.742. The molecule has 1 aliphatic rings. The molecule has 1 heterocycles. The number of rotatable bonds is 0. The largest absolute Gasteiger partial charge is 0.314 e. The highest BCUT2D eigenvalue weighted by Gasteiger charge is 2.12. The first kappa shape index (κ1) is 6.51. The van der Waals surface area contributed by atoms with Gasteiger partial charge in [0.15, 0.2) is 0 Å².